The monoisotopic (exact) mass is 363 g/mol. The van der Waals surface area contributed by atoms with E-state index in [0.29, 0.717) is 11.3 Å². The summed E-state index contributed by atoms with van der Waals surface area (Å²) >= 11 is 11.7. The summed E-state index contributed by atoms with van der Waals surface area (Å²) in [4.78, 5) is 13.2. The van der Waals surface area contributed by atoms with Gasteiger partial charge in [-0.3, -0.25) is 4.79 Å². The first kappa shape index (κ1) is 16.1. The molecule has 0 unspecified atom stereocenters. The highest BCUT2D eigenvalue weighted by Gasteiger charge is 2.19. The zero-order chi connectivity index (χ0) is 15.6. The fraction of sp³-hybridized carbons (Fsp3) is 0.0909. The number of hydrogen-bond donors (Lipinski definition) is 3. The molecule has 0 fully saturated rings. The van der Waals surface area contributed by atoms with Gasteiger partial charge in [-0.15, -0.1) is 0 Å². The fourth-order valence-corrected chi connectivity index (χ4v) is 3.75. The molecule has 0 amide bonds. The predicted octanol–water partition coefficient (Wildman–Crippen LogP) is 1.20. The summed E-state index contributed by atoms with van der Waals surface area (Å²) in [5.41, 5.74) is 6.35. The SMILES string of the molecule is NC(=S)c1ccc(Cl)c(S(=O)(=O)NCc2csc(=O)[nH]2)c1. The molecule has 10 heteroatoms. The van der Waals surface area contributed by atoms with Crippen molar-refractivity contribution in [3.8, 4) is 0 Å². The molecule has 2 rings (SSSR count). The number of thiazole rings is 1. The van der Waals surface area contributed by atoms with Crippen LogP contribution >= 0.6 is 35.2 Å². The summed E-state index contributed by atoms with van der Waals surface area (Å²) in [5, 5.41) is 1.60. The predicted molar refractivity (Wildman–Crippen MR) is 86.3 cm³/mol. The Bertz CT molecular complexity index is 842. The lowest BCUT2D eigenvalue weighted by Crippen LogP contribution is -2.24. The van der Waals surface area contributed by atoms with Crippen LogP contribution in [-0.4, -0.2) is 18.4 Å². The van der Waals surface area contributed by atoms with Crippen LogP contribution in [0.5, 0.6) is 0 Å². The van der Waals surface area contributed by atoms with Gasteiger partial charge in [-0.05, 0) is 12.1 Å². The Morgan fingerprint density at radius 3 is 2.76 bits per heavy atom. The summed E-state index contributed by atoms with van der Waals surface area (Å²) < 4.78 is 26.8. The summed E-state index contributed by atoms with van der Waals surface area (Å²) in [6.07, 6.45) is 0. The molecule has 4 N–H and O–H groups in total. The second-order valence-electron chi connectivity index (χ2n) is 4.01. The molecule has 1 aromatic heterocycles. The number of rotatable bonds is 5. The van der Waals surface area contributed by atoms with E-state index in [0.717, 1.165) is 11.3 Å². The van der Waals surface area contributed by atoms with Crippen LogP contribution in [0.2, 0.25) is 5.02 Å². The standard InChI is InChI=1S/C11H10ClN3O3S3/c12-8-2-1-6(10(13)19)3-9(8)21(17,18)14-4-7-5-20-11(16)15-7/h1-3,5,14H,4H2,(H2,13,19)(H,15,16). The highest BCUT2D eigenvalue weighted by molar-refractivity contribution is 7.89. The van der Waals surface area contributed by atoms with Crippen molar-refractivity contribution in [2.75, 3.05) is 0 Å². The van der Waals surface area contributed by atoms with Crippen LogP contribution < -0.4 is 15.3 Å². The molecule has 1 heterocycles. The molecule has 2 aromatic rings. The maximum Gasteiger partial charge on any atom is 0.304 e. The summed E-state index contributed by atoms with van der Waals surface area (Å²) in [5.74, 6) is 0. The number of nitrogens with two attached hydrogens (primary N) is 1. The van der Waals surface area contributed by atoms with E-state index in [1.807, 2.05) is 0 Å². The van der Waals surface area contributed by atoms with Crippen LogP contribution in [-0.2, 0) is 16.6 Å². The number of aromatic nitrogens is 1. The van der Waals surface area contributed by atoms with Crippen LogP contribution in [0.4, 0.5) is 0 Å². The van der Waals surface area contributed by atoms with E-state index in [1.165, 1.54) is 17.5 Å². The Labute approximate surface area is 135 Å². The van der Waals surface area contributed by atoms with E-state index in [4.69, 9.17) is 29.6 Å². The average Bonchev–Trinajstić information content (AvgIpc) is 2.82. The number of aromatic amines is 1. The number of hydrogen-bond acceptors (Lipinski definition) is 5. The molecule has 21 heavy (non-hydrogen) atoms. The summed E-state index contributed by atoms with van der Waals surface area (Å²) in [6, 6.07) is 4.26. The third kappa shape index (κ3) is 3.89. The molecule has 0 spiro atoms. The van der Waals surface area contributed by atoms with Crippen LogP contribution in [0, 0.1) is 0 Å². The summed E-state index contributed by atoms with van der Waals surface area (Å²) in [6.45, 7) is -0.0469. The van der Waals surface area contributed by atoms with Gasteiger partial charge in [0.25, 0.3) is 0 Å². The number of H-pyrrole nitrogens is 1. The largest absolute Gasteiger partial charge is 0.389 e. The molecule has 6 nitrogen and oxygen atoms in total. The van der Waals surface area contributed by atoms with E-state index >= 15 is 0 Å². The lowest BCUT2D eigenvalue weighted by atomic mass is 10.2. The lowest BCUT2D eigenvalue weighted by Gasteiger charge is -2.09. The van der Waals surface area contributed by atoms with Gasteiger partial charge in [0.2, 0.25) is 10.0 Å². The molecule has 112 valence electrons. The minimum Gasteiger partial charge on any atom is -0.389 e. The molecule has 0 aliphatic rings. The van der Waals surface area contributed by atoms with E-state index in [1.54, 1.807) is 6.07 Å². The molecule has 0 radical (unpaired) electrons. The van der Waals surface area contributed by atoms with Crippen LogP contribution in [0.3, 0.4) is 0 Å². The third-order valence-electron chi connectivity index (χ3n) is 2.53. The zero-order valence-corrected chi connectivity index (χ0v) is 13.6. The molecular formula is C11H10ClN3O3S3. The first-order chi connectivity index (χ1) is 9.79. The van der Waals surface area contributed by atoms with Crippen molar-refractivity contribution >= 4 is 50.2 Å². The molecule has 0 aliphatic carbocycles. The Kier molecular flexibility index (Phi) is 4.79. The second-order valence-corrected chi connectivity index (χ2v) is 7.43. The second kappa shape index (κ2) is 6.24. The van der Waals surface area contributed by atoms with Gasteiger partial charge in [0, 0.05) is 16.6 Å². The minimum atomic E-state index is -3.85. The van der Waals surface area contributed by atoms with Crippen LogP contribution in [0.25, 0.3) is 0 Å². The van der Waals surface area contributed by atoms with Crippen molar-refractivity contribution in [1.82, 2.24) is 9.71 Å². The van der Waals surface area contributed by atoms with E-state index in [9.17, 15) is 13.2 Å². The zero-order valence-electron chi connectivity index (χ0n) is 10.4. The van der Waals surface area contributed by atoms with Crippen molar-refractivity contribution in [3.05, 3.63) is 49.5 Å². The van der Waals surface area contributed by atoms with Gasteiger partial charge in [-0.1, -0.05) is 41.2 Å². The van der Waals surface area contributed by atoms with E-state index < -0.39 is 10.0 Å². The van der Waals surface area contributed by atoms with Crippen molar-refractivity contribution in [2.45, 2.75) is 11.4 Å². The molecule has 0 aliphatic heterocycles. The van der Waals surface area contributed by atoms with Gasteiger partial charge in [-0.25, -0.2) is 13.1 Å². The molecule has 0 saturated carbocycles. The van der Waals surface area contributed by atoms with Gasteiger partial charge in [0.15, 0.2) is 0 Å². The Morgan fingerprint density at radius 1 is 1.48 bits per heavy atom. The Balaban J connectivity index is 2.28. The van der Waals surface area contributed by atoms with E-state index in [-0.39, 0.29) is 26.3 Å². The normalized spacial score (nSPS) is 11.5. The highest BCUT2D eigenvalue weighted by Crippen LogP contribution is 2.22. The topological polar surface area (TPSA) is 105 Å². The van der Waals surface area contributed by atoms with Gasteiger partial charge in [-0.2, -0.15) is 0 Å². The Morgan fingerprint density at radius 2 is 2.19 bits per heavy atom. The highest BCUT2D eigenvalue weighted by atomic mass is 35.5. The molecule has 0 bridgehead atoms. The molecule has 0 saturated heterocycles. The van der Waals surface area contributed by atoms with Crippen molar-refractivity contribution in [3.63, 3.8) is 0 Å². The van der Waals surface area contributed by atoms with Gasteiger partial charge in [0.05, 0.1) is 11.6 Å². The minimum absolute atomic E-state index is 0.0469. The quantitative estimate of drug-likeness (QED) is 0.692. The van der Waals surface area contributed by atoms with Gasteiger partial charge in [0.1, 0.15) is 9.88 Å². The van der Waals surface area contributed by atoms with Crippen molar-refractivity contribution < 1.29 is 8.42 Å². The smallest absolute Gasteiger partial charge is 0.304 e. The fourth-order valence-electron chi connectivity index (χ4n) is 1.51. The third-order valence-corrected chi connectivity index (χ3v) is 5.37. The maximum absolute atomic E-state index is 12.2. The number of halogens is 1. The number of nitrogens with one attached hydrogen (secondary N) is 2. The number of benzene rings is 1. The Hall–Kier alpha value is -1.26. The lowest BCUT2D eigenvalue weighted by molar-refractivity contribution is 0.580. The average molecular weight is 364 g/mol. The van der Waals surface area contributed by atoms with Crippen molar-refractivity contribution in [1.29, 1.82) is 0 Å². The number of sulfonamides is 1. The van der Waals surface area contributed by atoms with E-state index in [2.05, 4.69) is 9.71 Å². The first-order valence-electron chi connectivity index (χ1n) is 5.55. The van der Waals surface area contributed by atoms with Crippen LogP contribution in [0.1, 0.15) is 11.3 Å². The molecule has 1 aromatic carbocycles. The maximum atomic E-state index is 12.2. The first-order valence-corrected chi connectivity index (χ1v) is 8.70. The van der Waals surface area contributed by atoms with Crippen LogP contribution in [0.15, 0.2) is 33.3 Å². The number of thiocarbonyl (C=S) groups is 1. The summed E-state index contributed by atoms with van der Waals surface area (Å²) in [7, 11) is -3.85. The van der Waals surface area contributed by atoms with Gasteiger partial charge >= 0.3 is 4.87 Å². The molecule has 0 atom stereocenters. The molecular weight excluding hydrogens is 354 g/mol. The van der Waals surface area contributed by atoms with Gasteiger partial charge < -0.3 is 10.7 Å². The van der Waals surface area contributed by atoms with Crippen molar-refractivity contribution in [2.24, 2.45) is 5.73 Å².